The van der Waals surface area contributed by atoms with E-state index in [4.69, 9.17) is 14.5 Å². The first-order chi connectivity index (χ1) is 15.2. The van der Waals surface area contributed by atoms with E-state index in [0.29, 0.717) is 18.9 Å². The highest BCUT2D eigenvalue weighted by Crippen LogP contribution is 2.20. The molecule has 0 amide bonds. The van der Waals surface area contributed by atoms with Crippen LogP contribution < -0.4 is 15.5 Å². The molecule has 2 atom stereocenters. The van der Waals surface area contributed by atoms with Gasteiger partial charge in [0.1, 0.15) is 5.82 Å². The Morgan fingerprint density at radius 1 is 1.29 bits per heavy atom. The predicted octanol–water partition coefficient (Wildman–Crippen LogP) is 2.09. The van der Waals surface area contributed by atoms with Crippen molar-refractivity contribution in [3.8, 4) is 0 Å². The summed E-state index contributed by atoms with van der Waals surface area (Å²) in [5, 5.41) is 6.74. The fourth-order valence-corrected chi connectivity index (χ4v) is 3.93. The van der Waals surface area contributed by atoms with E-state index >= 15 is 0 Å². The molecule has 2 saturated heterocycles. The molecule has 3 rings (SSSR count). The van der Waals surface area contributed by atoms with Crippen LogP contribution in [0.2, 0.25) is 0 Å². The molecule has 2 N–H and O–H groups in total. The van der Waals surface area contributed by atoms with E-state index in [-0.39, 0.29) is 18.0 Å². The molecular formula is C23H38FN5O2. The molecule has 0 spiro atoms. The first-order valence-electron chi connectivity index (χ1n) is 11.6. The Bertz CT molecular complexity index is 676. The summed E-state index contributed by atoms with van der Waals surface area (Å²) in [6.07, 6.45) is 2.21. The number of hydrogen-bond donors (Lipinski definition) is 2. The third-order valence-corrected chi connectivity index (χ3v) is 5.66. The van der Waals surface area contributed by atoms with E-state index in [1.807, 2.05) is 12.1 Å². The zero-order chi connectivity index (χ0) is 21.9. The lowest BCUT2D eigenvalue weighted by Gasteiger charge is -2.36. The number of hydrogen-bond acceptors (Lipinski definition) is 5. The highest BCUT2D eigenvalue weighted by Gasteiger charge is 2.19. The largest absolute Gasteiger partial charge is 0.379 e. The van der Waals surface area contributed by atoms with E-state index < -0.39 is 0 Å². The molecule has 1 aromatic carbocycles. The minimum atomic E-state index is -0.134. The van der Waals surface area contributed by atoms with Crippen LogP contribution in [-0.2, 0) is 9.47 Å². The van der Waals surface area contributed by atoms with Crippen molar-refractivity contribution < 1.29 is 13.9 Å². The summed E-state index contributed by atoms with van der Waals surface area (Å²) in [6, 6.07) is 7.22. The molecule has 0 saturated carbocycles. The van der Waals surface area contributed by atoms with Gasteiger partial charge in [-0.15, -0.1) is 0 Å². The topological polar surface area (TPSA) is 61.4 Å². The van der Waals surface area contributed by atoms with Crippen molar-refractivity contribution in [2.75, 3.05) is 70.5 Å². The fraction of sp³-hybridized carbons (Fsp3) is 0.696. The molecule has 1 aromatic rings. The Labute approximate surface area is 186 Å². The van der Waals surface area contributed by atoms with Crippen molar-refractivity contribution in [3.63, 3.8) is 0 Å². The molecule has 2 fully saturated rings. The molecule has 7 nitrogen and oxygen atoms in total. The molecular weight excluding hydrogens is 397 g/mol. The standard InChI is InChI=1S/C23H38FN5O2/c1-3-25-23(27-19(2)17-31-20-9-16-30-18-20)26-10-6-11-28-12-14-29(15-13-28)22-8-5-4-7-21(22)24/h4-5,7-8,19-20H,3,6,9-18H2,1-2H3,(H2,25,26,27). The second-order valence-electron chi connectivity index (χ2n) is 8.26. The molecule has 2 heterocycles. The van der Waals surface area contributed by atoms with Gasteiger partial charge in [0.15, 0.2) is 5.96 Å². The summed E-state index contributed by atoms with van der Waals surface area (Å²) in [5.74, 6) is 0.704. The van der Waals surface area contributed by atoms with Crippen molar-refractivity contribution in [3.05, 3.63) is 30.1 Å². The van der Waals surface area contributed by atoms with Crippen LogP contribution in [0.15, 0.2) is 29.3 Å². The van der Waals surface area contributed by atoms with Crippen LogP contribution in [-0.4, -0.2) is 88.6 Å². The number of benzene rings is 1. The number of nitrogens with zero attached hydrogens (tertiary/aromatic N) is 3. The maximum absolute atomic E-state index is 14.0. The van der Waals surface area contributed by atoms with Crippen molar-refractivity contribution in [2.45, 2.75) is 38.8 Å². The lowest BCUT2D eigenvalue weighted by atomic mass is 10.2. The number of nitrogens with one attached hydrogen (secondary N) is 2. The van der Waals surface area contributed by atoms with Gasteiger partial charge in [-0.1, -0.05) is 12.1 Å². The Morgan fingerprint density at radius 2 is 2.10 bits per heavy atom. The zero-order valence-electron chi connectivity index (χ0n) is 19.0. The average molecular weight is 436 g/mol. The number of anilines is 1. The van der Waals surface area contributed by atoms with Gasteiger partial charge < -0.3 is 25.0 Å². The molecule has 31 heavy (non-hydrogen) atoms. The quantitative estimate of drug-likeness (QED) is 0.333. The van der Waals surface area contributed by atoms with Gasteiger partial charge >= 0.3 is 0 Å². The summed E-state index contributed by atoms with van der Waals surface area (Å²) >= 11 is 0. The van der Waals surface area contributed by atoms with E-state index in [9.17, 15) is 4.39 Å². The van der Waals surface area contributed by atoms with E-state index in [2.05, 4.69) is 34.3 Å². The number of piperazine rings is 1. The fourth-order valence-electron chi connectivity index (χ4n) is 3.93. The minimum absolute atomic E-state index is 0.134. The second kappa shape index (κ2) is 12.8. The summed E-state index contributed by atoms with van der Waals surface area (Å²) < 4.78 is 25.2. The number of ether oxygens (including phenoxy) is 2. The summed E-state index contributed by atoms with van der Waals surface area (Å²) in [4.78, 5) is 9.29. The smallest absolute Gasteiger partial charge is 0.191 e. The molecule has 2 aliphatic rings. The van der Waals surface area contributed by atoms with Crippen molar-refractivity contribution in [1.82, 2.24) is 15.5 Å². The predicted molar refractivity (Wildman–Crippen MR) is 123 cm³/mol. The lowest BCUT2D eigenvalue weighted by Crippen LogP contribution is -2.47. The normalized spacial score (nSPS) is 21.3. The van der Waals surface area contributed by atoms with Gasteiger partial charge in [0.2, 0.25) is 0 Å². The highest BCUT2D eigenvalue weighted by molar-refractivity contribution is 5.80. The maximum Gasteiger partial charge on any atom is 0.191 e. The van der Waals surface area contributed by atoms with Gasteiger partial charge in [-0.3, -0.25) is 9.89 Å². The van der Waals surface area contributed by atoms with Crippen molar-refractivity contribution in [2.24, 2.45) is 4.99 Å². The van der Waals surface area contributed by atoms with Crippen molar-refractivity contribution in [1.29, 1.82) is 0 Å². The molecule has 8 heteroatoms. The maximum atomic E-state index is 14.0. The summed E-state index contributed by atoms with van der Waals surface area (Å²) in [7, 11) is 0. The van der Waals surface area contributed by atoms with Crippen LogP contribution in [0.25, 0.3) is 0 Å². The molecule has 0 aromatic heterocycles. The second-order valence-corrected chi connectivity index (χ2v) is 8.26. The number of guanidine groups is 1. The van der Waals surface area contributed by atoms with Crippen LogP contribution in [0.5, 0.6) is 0 Å². The van der Waals surface area contributed by atoms with E-state index in [0.717, 1.165) is 71.2 Å². The van der Waals surface area contributed by atoms with Gasteiger partial charge in [0.05, 0.1) is 25.0 Å². The monoisotopic (exact) mass is 435 g/mol. The number of halogens is 1. The van der Waals surface area contributed by atoms with Crippen LogP contribution in [0.1, 0.15) is 26.7 Å². The van der Waals surface area contributed by atoms with Crippen molar-refractivity contribution >= 4 is 11.6 Å². The average Bonchev–Trinajstić information content (AvgIpc) is 3.30. The molecule has 2 unspecified atom stereocenters. The van der Waals surface area contributed by atoms with Crippen LogP contribution in [0.4, 0.5) is 10.1 Å². The third-order valence-electron chi connectivity index (χ3n) is 5.66. The van der Waals surface area contributed by atoms with E-state index in [1.54, 1.807) is 6.07 Å². The molecule has 0 radical (unpaired) electrons. The number of aliphatic imine (C=N–C) groups is 1. The van der Waals surface area contributed by atoms with Crippen LogP contribution in [0.3, 0.4) is 0 Å². The van der Waals surface area contributed by atoms with Crippen LogP contribution >= 0.6 is 0 Å². The molecule has 0 bridgehead atoms. The molecule has 2 aliphatic heterocycles. The minimum Gasteiger partial charge on any atom is -0.379 e. The third kappa shape index (κ3) is 7.94. The zero-order valence-corrected chi connectivity index (χ0v) is 19.0. The van der Waals surface area contributed by atoms with Gasteiger partial charge in [-0.25, -0.2) is 4.39 Å². The number of rotatable bonds is 10. The summed E-state index contributed by atoms with van der Waals surface area (Å²) in [5.41, 5.74) is 0.715. The lowest BCUT2D eigenvalue weighted by molar-refractivity contribution is 0.0347. The van der Waals surface area contributed by atoms with Gasteiger partial charge in [0, 0.05) is 58.5 Å². The summed E-state index contributed by atoms with van der Waals surface area (Å²) in [6.45, 7) is 12.6. The molecule has 174 valence electrons. The first-order valence-corrected chi connectivity index (χ1v) is 11.6. The molecule has 0 aliphatic carbocycles. The number of para-hydroxylation sites is 1. The highest BCUT2D eigenvalue weighted by atomic mass is 19.1. The van der Waals surface area contributed by atoms with Gasteiger partial charge in [-0.2, -0.15) is 0 Å². The van der Waals surface area contributed by atoms with Gasteiger partial charge in [-0.05, 0) is 38.8 Å². The van der Waals surface area contributed by atoms with E-state index in [1.165, 1.54) is 6.07 Å². The van der Waals surface area contributed by atoms with Gasteiger partial charge in [0.25, 0.3) is 0 Å². The SMILES string of the molecule is CCNC(=NCCCN1CCN(c2ccccc2F)CC1)NC(C)COC1CCOC1. The Balaban J connectivity index is 1.34. The Kier molecular flexibility index (Phi) is 9.84. The Hall–Kier alpha value is -1.90. The Morgan fingerprint density at radius 3 is 2.81 bits per heavy atom. The van der Waals surface area contributed by atoms with Crippen LogP contribution in [0, 0.1) is 5.82 Å². The first kappa shape index (κ1) is 23.8.